The highest BCUT2D eigenvalue weighted by molar-refractivity contribution is 5.60. The molecule has 0 N–H and O–H groups in total. The Bertz CT molecular complexity index is 119. The van der Waals surface area contributed by atoms with Crippen molar-refractivity contribution in [2.24, 2.45) is 0 Å². The second-order valence-corrected chi connectivity index (χ2v) is 1.87. The quantitative estimate of drug-likeness (QED) is 0.433. The summed E-state index contributed by atoms with van der Waals surface area (Å²) in [7, 11) is 0. The van der Waals surface area contributed by atoms with Gasteiger partial charge in [0.25, 0.3) is 0 Å². The highest BCUT2D eigenvalue weighted by Gasteiger charge is 2.24. The maximum absolute atomic E-state index is 10.4. The van der Waals surface area contributed by atoms with Gasteiger partial charge in [0.2, 0.25) is 0 Å². The molecule has 1 heterocycles. The molecule has 0 saturated carbocycles. The number of rotatable bonds is 3. The van der Waals surface area contributed by atoms with E-state index in [1.165, 1.54) is 6.61 Å². The lowest BCUT2D eigenvalue weighted by Gasteiger charge is -1.99. The summed E-state index contributed by atoms with van der Waals surface area (Å²) in [5.74, 6) is 0. The Labute approximate surface area is 59.1 Å². The lowest BCUT2D eigenvalue weighted by Crippen LogP contribution is -2.09. The van der Waals surface area contributed by atoms with E-state index in [2.05, 4.69) is 9.47 Å². The summed E-state index contributed by atoms with van der Waals surface area (Å²) in [6.07, 6.45) is -0.567. The minimum absolute atomic E-state index is 0.101. The molecule has 4 nitrogen and oxygen atoms in total. The summed E-state index contributed by atoms with van der Waals surface area (Å²) in [4.78, 5) is 10.4. The fraction of sp³-hybridized carbons (Fsp3) is 0.667. The van der Waals surface area contributed by atoms with Gasteiger partial charge in [0.05, 0.1) is 6.61 Å². The maximum Gasteiger partial charge on any atom is 0.508 e. The van der Waals surface area contributed by atoms with E-state index in [-0.39, 0.29) is 6.10 Å². The molecular weight excluding hydrogens is 136 g/mol. The smallest absolute Gasteiger partial charge is 0.431 e. The second-order valence-electron chi connectivity index (χ2n) is 1.87. The molecule has 0 amide bonds. The minimum atomic E-state index is -0.669. The van der Waals surface area contributed by atoms with E-state index < -0.39 is 6.16 Å². The van der Waals surface area contributed by atoms with E-state index >= 15 is 0 Å². The standard InChI is InChI=1S/C6H9O4/c1-2-8-6(7)10-4-5-3-9-5/h2,5H,3-4H2,1H3. The molecule has 0 aromatic rings. The summed E-state index contributed by atoms with van der Waals surface area (Å²) in [6.45, 7) is 3.86. The number of epoxide rings is 1. The summed E-state index contributed by atoms with van der Waals surface area (Å²) in [5.41, 5.74) is 0. The molecule has 57 valence electrons. The van der Waals surface area contributed by atoms with Gasteiger partial charge in [-0.3, -0.25) is 0 Å². The van der Waals surface area contributed by atoms with Crippen LogP contribution in [0.25, 0.3) is 0 Å². The van der Waals surface area contributed by atoms with Gasteiger partial charge in [-0.05, 0) is 6.92 Å². The molecule has 4 heteroatoms. The van der Waals surface area contributed by atoms with Gasteiger partial charge in [0.1, 0.15) is 19.3 Å². The lowest BCUT2D eigenvalue weighted by atomic mass is 10.5. The zero-order chi connectivity index (χ0) is 7.40. The first-order valence-electron chi connectivity index (χ1n) is 3.05. The molecule has 0 spiro atoms. The van der Waals surface area contributed by atoms with E-state index in [4.69, 9.17) is 4.74 Å². The van der Waals surface area contributed by atoms with E-state index in [1.807, 2.05) is 0 Å². The van der Waals surface area contributed by atoms with Gasteiger partial charge in [0, 0.05) is 0 Å². The monoisotopic (exact) mass is 145 g/mol. The molecule has 1 saturated heterocycles. The highest BCUT2D eigenvalue weighted by Crippen LogP contribution is 2.08. The largest absolute Gasteiger partial charge is 0.508 e. The number of carbonyl (C=O) groups is 1. The normalized spacial score (nSPS) is 21.9. The van der Waals surface area contributed by atoms with Crippen molar-refractivity contribution < 1.29 is 19.0 Å². The molecule has 10 heavy (non-hydrogen) atoms. The first-order chi connectivity index (χ1) is 4.83. The molecule has 1 aliphatic rings. The molecule has 1 aliphatic heterocycles. The summed E-state index contributed by atoms with van der Waals surface area (Å²) in [5, 5.41) is 0. The van der Waals surface area contributed by atoms with E-state index in [0.29, 0.717) is 13.2 Å². The topological polar surface area (TPSA) is 48.1 Å². The molecule has 0 aromatic heterocycles. The third kappa shape index (κ3) is 2.68. The van der Waals surface area contributed by atoms with Crippen molar-refractivity contribution in [3.8, 4) is 0 Å². The van der Waals surface area contributed by atoms with Gasteiger partial charge in [-0.15, -0.1) is 0 Å². The SMILES string of the molecule is C[CH]OC(=O)OCC1CO1. The number of carbonyl (C=O) groups excluding carboxylic acids is 1. The van der Waals surface area contributed by atoms with Crippen LogP contribution in [0.2, 0.25) is 0 Å². The fourth-order valence-corrected chi connectivity index (χ4v) is 0.455. The lowest BCUT2D eigenvalue weighted by molar-refractivity contribution is 0.0690. The van der Waals surface area contributed by atoms with Crippen molar-refractivity contribution in [3.05, 3.63) is 6.61 Å². The van der Waals surface area contributed by atoms with Crippen LogP contribution < -0.4 is 0 Å². The predicted molar refractivity (Wildman–Crippen MR) is 32.1 cm³/mol. The van der Waals surface area contributed by atoms with Crippen molar-refractivity contribution in [3.63, 3.8) is 0 Å². The fourth-order valence-electron chi connectivity index (χ4n) is 0.455. The van der Waals surface area contributed by atoms with Crippen LogP contribution in [0.3, 0.4) is 0 Å². The zero-order valence-corrected chi connectivity index (χ0v) is 5.70. The van der Waals surface area contributed by atoms with Crippen LogP contribution in [-0.4, -0.2) is 25.5 Å². The van der Waals surface area contributed by atoms with Crippen molar-refractivity contribution >= 4 is 6.16 Å². The predicted octanol–water partition coefficient (Wildman–Crippen LogP) is 0.720. The molecule has 1 atom stereocenters. The van der Waals surface area contributed by atoms with Crippen LogP contribution >= 0.6 is 0 Å². The summed E-state index contributed by atoms with van der Waals surface area (Å²) < 4.78 is 13.8. The average Bonchev–Trinajstić information content (AvgIpc) is 2.67. The number of hydrogen-bond donors (Lipinski definition) is 0. The molecular formula is C6H9O4. The van der Waals surface area contributed by atoms with Gasteiger partial charge in [-0.1, -0.05) is 0 Å². The number of ether oxygens (including phenoxy) is 3. The first-order valence-corrected chi connectivity index (χ1v) is 3.05. The summed E-state index contributed by atoms with van der Waals surface area (Å²) >= 11 is 0. The Kier molecular flexibility index (Phi) is 2.50. The van der Waals surface area contributed by atoms with Gasteiger partial charge in [-0.25, -0.2) is 4.79 Å². The Morgan fingerprint density at radius 3 is 3.10 bits per heavy atom. The molecule has 1 unspecified atom stereocenters. The van der Waals surface area contributed by atoms with Crippen LogP contribution in [0.15, 0.2) is 0 Å². The Morgan fingerprint density at radius 1 is 1.90 bits per heavy atom. The second kappa shape index (κ2) is 3.41. The van der Waals surface area contributed by atoms with Gasteiger partial charge in [0.15, 0.2) is 0 Å². The van der Waals surface area contributed by atoms with Crippen molar-refractivity contribution in [2.45, 2.75) is 13.0 Å². The Balaban J connectivity index is 1.94. The third-order valence-electron chi connectivity index (χ3n) is 1.00. The third-order valence-corrected chi connectivity index (χ3v) is 1.00. The van der Waals surface area contributed by atoms with E-state index in [9.17, 15) is 4.79 Å². The van der Waals surface area contributed by atoms with Crippen molar-refractivity contribution in [2.75, 3.05) is 13.2 Å². The number of hydrogen-bond acceptors (Lipinski definition) is 4. The van der Waals surface area contributed by atoms with E-state index in [0.717, 1.165) is 0 Å². The minimum Gasteiger partial charge on any atom is -0.431 e. The van der Waals surface area contributed by atoms with Crippen LogP contribution in [0.5, 0.6) is 0 Å². The van der Waals surface area contributed by atoms with Gasteiger partial charge < -0.3 is 14.2 Å². The molecule has 1 rings (SSSR count). The van der Waals surface area contributed by atoms with Crippen LogP contribution in [0, 0.1) is 6.61 Å². The van der Waals surface area contributed by atoms with Crippen LogP contribution in [0.1, 0.15) is 6.92 Å². The average molecular weight is 145 g/mol. The molecule has 1 fully saturated rings. The summed E-state index contributed by atoms with van der Waals surface area (Å²) in [6, 6.07) is 0. The molecule has 1 radical (unpaired) electrons. The van der Waals surface area contributed by atoms with Crippen molar-refractivity contribution in [1.29, 1.82) is 0 Å². The molecule has 0 bridgehead atoms. The highest BCUT2D eigenvalue weighted by atomic mass is 16.7. The van der Waals surface area contributed by atoms with Crippen molar-refractivity contribution in [1.82, 2.24) is 0 Å². The molecule has 0 aromatic carbocycles. The van der Waals surface area contributed by atoms with E-state index in [1.54, 1.807) is 6.92 Å². The zero-order valence-electron chi connectivity index (χ0n) is 5.70. The van der Waals surface area contributed by atoms with Crippen LogP contribution in [0.4, 0.5) is 4.79 Å². The first kappa shape index (κ1) is 7.34. The Morgan fingerprint density at radius 2 is 2.60 bits per heavy atom. The van der Waals surface area contributed by atoms with Gasteiger partial charge >= 0.3 is 6.16 Å². The maximum atomic E-state index is 10.4. The van der Waals surface area contributed by atoms with Crippen LogP contribution in [-0.2, 0) is 14.2 Å². The van der Waals surface area contributed by atoms with Gasteiger partial charge in [-0.2, -0.15) is 0 Å². The molecule has 0 aliphatic carbocycles. The Hall–Kier alpha value is -0.770.